The molecule has 0 N–H and O–H groups in total. The lowest BCUT2D eigenvalue weighted by atomic mass is 10.1. The van der Waals surface area contributed by atoms with Crippen LogP contribution in [0.15, 0.2) is 11.1 Å². The van der Waals surface area contributed by atoms with E-state index in [4.69, 9.17) is 0 Å². The predicted octanol–water partition coefficient (Wildman–Crippen LogP) is 0.585. The molecule has 0 saturated carbocycles. The summed E-state index contributed by atoms with van der Waals surface area (Å²) in [5.41, 5.74) is 3.99. The van der Waals surface area contributed by atoms with E-state index in [2.05, 4.69) is 22.0 Å². The summed E-state index contributed by atoms with van der Waals surface area (Å²) in [6.45, 7) is 9.06. The molecule has 1 saturated heterocycles. The minimum Gasteiger partial charge on any atom is -0.296 e. The van der Waals surface area contributed by atoms with E-state index in [1.54, 1.807) is 29.2 Å². The molecular formula is C16H26N6O2S. The van der Waals surface area contributed by atoms with Crippen LogP contribution in [0.4, 0.5) is 0 Å². The van der Waals surface area contributed by atoms with E-state index in [1.807, 2.05) is 18.7 Å². The van der Waals surface area contributed by atoms with Gasteiger partial charge in [0.2, 0.25) is 10.0 Å². The van der Waals surface area contributed by atoms with E-state index < -0.39 is 10.0 Å². The molecule has 8 nitrogen and oxygen atoms in total. The maximum atomic E-state index is 12.8. The zero-order valence-corrected chi connectivity index (χ0v) is 16.3. The Labute approximate surface area is 149 Å². The van der Waals surface area contributed by atoms with Crippen molar-refractivity contribution >= 4 is 10.0 Å². The molecule has 25 heavy (non-hydrogen) atoms. The summed E-state index contributed by atoms with van der Waals surface area (Å²) >= 11 is 0. The first-order valence-corrected chi connectivity index (χ1v) is 9.86. The second-order valence-electron chi connectivity index (χ2n) is 6.71. The van der Waals surface area contributed by atoms with Crippen molar-refractivity contribution in [2.24, 2.45) is 14.1 Å². The molecule has 0 aromatic carbocycles. The molecule has 0 spiro atoms. The van der Waals surface area contributed by atoms with Crippen LogP contribution in [0.5, 0.6) is 0 Å². The van der Waals surface area contributed by atoms with Crippen LogP contribution in [0.3, 0.4) is 0 Å². The molecule has 3 rings (SSSR count). The van der Waals surface area contributed by atoms with Crippen molar-refractivity contribution < 1.29 is 8.42 Å². The maximum Gasteiger partial charge on any atom is 0.246 e. The van der Waals surface area contributed by atoms with Crippen LogP contribution in [-0.2, 0) is 30.7 Å². The first-order chi connectivity index (χ1) is 11.7. The average molecular weight is 366 g/mol. The minimum atomic E-state index is -3.47. The Kier molecular flexibility index (Phi) is 4.74. The fourth-order valence-corrected chi connectivity index (χ4v) is 4.99. The van der Waals surface area contributed by atoms with Gasteiger partial charge in [0.25, 0.3) is 0 Å². The minimum absolute atomic E-state index is 0.308. The van der Waals surface area contributed by atoms with Gasteiger partial charge in [0.1, 0.15) is 4.90 Å². The zero-order chi connectivity index (χ0) is 18.4. The Morgan fingerprint density at radius 1 is 1.00 bits per heavy atom. The van der Waals surface area contributed by atoms with Crippen LogP contribution < -0.4 is 0 Å². The highest BCUT2D eigenvalue weighted by Crippen LogP contribution is 2.21. The Morgan fingerprint density at radius 3 is 2.12 bits per heavy atom. The van der Waals surface area contributed by atoms with Gasteiger partial charge in [-0.3, -0.25) is 14.3 Å². The third kappa shape index (κ3) is 3.36. The van der Waals surface area contributed by atoms with Gasteiger partial charge < -0.3 is 0 Å². The molecule has 0 radical (unpaired) electrons. The van der Waals surface area contributed by atoms with E-state index in [-0.39, 0.29) is 0 Å². The quantitative estimate of drug-likeness (QED) is 0.791. The molecule has 0 bridgehead atoms. The van der Waals surface area contributed by atoms with Crippen molar-refractivity contribution in [3.8, 4) is 0 Å². The van der Waals surface area contributed by atoms with Gasteiger partial charge in [0.15, 0.2) is 0 Å². The van der Waals surface area contributed by atoms with Gasteiger partial charge in [-0.15, -0.1) is 0 Å². The Bertz CT molecular complexity index is 875. The lowest BCUT2D eigenvalue weighted by Gasteiger charge is -2.33. The molecule has 0 amide bonds. The van der Waals surface area contributed by atoms with Gasteiger partial charge in [-0.1, -0.05) is 0 Å². The highest BCUT2D eigenvalue weighted by Gasteiger charge is 2.31. The summed E-state index contributed by atoms with van der Waals surface area (Å²) in [6.07, 6.45) is 1.58. The second-order valence-corrected chi connectivity index (χ2v) is 8.61. The number of aryl methyl sites for hydroxylation is 4. The SMILES string of the molecule is Cc1nn(C)cc1S(=O)(=O)N1CCN(Cc2c(C)nn(C)c2C)CC1. The summed E-state index contributed by atoms with van der Waals surface area (Å²) in [5.74, 6) is 0. The summed E-state index contributed by atoms with van der Waals surface area (Å²) < 4.78 is 30.7. The van der Waals surface area contributed by atoms with Crippen molar-refractivity contribution in [3.63, 3.8) is 0 Å². The fourth-order valence-electron chi connectivity index (χ4n) is 3.37. The Hall–Kier alpha value is -1.71. The topological polar surface area (TPSA) is 76.3 Å². The smallest absolute Gasteiger partial charge is 0.246 e. The van der Waals surface area contributed by atoms with Crippen molar-refractivity contribution in [3.05, 3.63) is 28.8 Å². The molecule has 2 aromatic heterocycles. The molecule has 1 fully saturated rings. The summed E-state index contributed by atoms with van der Waals surface area (Å²) in [7, 11) is 0.216. The van der Waals surface area contributed by atoms with Crippen molar-refractivity contribution in [1.29, 1.82) is 0 Å². The number of rotatable bonds is 4. The van der Waals surface area contributed by atoms with Gasteiger partial charge >= 0.3 is 0 Å². The van der Waals surface area contributed by atoms with E-state index in [9.17, 15) is 8.42 Å². The highest BCUT2D eigenvalue weighted by molar-refractivity contribution is 7.89. The van der Waals surface area contributed by atoms with Gasteiger partial charge in [-0.05, 0) is 20.8 Å². The summed E-state index contributed by atoms with van der Waals surface area (Å²) in [5, 5.41) is 8.61. The number of nitrogens with zero attached hydrogens (tertiary/aromatic N) is 6. The van der Waals surface area contributed by atoms with Crippen LogP contribution in [0, 0.1) is 20.8 Å². The lowest BCUT2D eigenvalue weighted by Crippen LogP contribution is -2.48. The molecule has 1 aliphatic rings. The molecule has 9 heteroatoms. The van der Waals surface area contributed by atoms with Crippen molar-refractivity contribution in [2.75, 3.05) is 26.2 Å². The Morgan fingerprint density at radius 2 is 1.64 bits per heavy atom. The van der Waals surface area contributed by atoms with E-state index in [0.29, 0.717) is 36.8 Å². The molecule has 1 aliphatic heterocycles. The number of hydrogen-bond acceptors (Lipinski definition) is 5. The second kappa shape index (κ2) is 6.54. The van der Waals surface area contributed by atoms with Gasteiger partial charge in [0.05, 0.1) is 11.4 Å². The van der Waals surface area contributed by atoms with Crippen LogP contribution in [0.1, 0.15) is 22.6 Å². The monoisotopic (exact) mass is 366 g/mol. The number of piperazine rings is 1. The van der Waals surface area contributed by atoms with E-state index >= 15 is 0 Å². The van der Waals surface area contributed by atoms with Crippen LogP contribution in [0.25, 0.3) is 0 Å². The molecule has 0 aliphatic carbocycles. The zero-order valence-electron chi connectivity index (χ0n) is 15.5. The van der Waals surface area contributed by atoms with Crippen molar-refractivity contribution in [1.82, 2.24) is 28.8 Å². The normalized spacial score (nSPS) is 17.3. The van der Waals surface area contributed by atoms with Crippen LogP contribution in [0.2, 0.25) is 0 Å². The first kappa shape index (κ1) is 18.1. The fraction of sp³-hybridized carbons (Fsp3) is 0.625. The molecule has 2 aromatic rings. The summed E-state index contributed by atoms with van der Waals surface area (Å²) in [4.78, 5) is 2.60. The van der Waals surface area contributed by atoms with Crippen molar-refractivity contribution in [2.45, 2.75) is 32.2 Å². The summed E-state index contributed by atoms with van der Waals surface area (Å²) in [6, 6.07) is 0. The molecular weight excluding hydrogens is 340 g/mol. The average Bonchev–Trinajstić information content (AvgIpc) is 3.01. The van der Waals surface area contributed by atoms with Crippen LogP contribution in [-0.4, -0.2) is 63.4 Å². The molecule has 138 valence electrons. The van der Waals surface area contributed by atoms with Crippen LogP contribution >= 0.6 is 0 Å². The standard InChI is InChI=1S/C16H26N6O2S/c1-12-15(14(3)20(5)18-12)10-21-6-8-22(9-7-21)25(23,24)16-11-19(4)17-13(16)2/h11H,6-10H2,1-5H3. The third-order valence-corrected chi connectivity index (χ3v) is 6.96. The number of sulfonamides is 1. The third-order valence-electron chi connectivity index (χ3n) is 4.96. The largest absolute Gasteiger partial charge is 0.296 e. The molecule has 0 unspecified atom stereocenters. The van der Waals surface area contributed by atoms with Gasteiger partial charge in [-0.2, -0.15) is 14.5 Å². The van der Waals surface area contributed by atoms with Gasteiger partial charge in [-0.25, -0.2) is 8.42 Å². The van der Waals surface area contributed by atoms with E-state index in [1.165, 1.54) is 11.3 Å². The first-order valence-electron chi connectivity index (χ1n) is 8.42. The predicted molar refractivity (Wildman–Crippen MR) is 94.7 cm³/mol. The van der Waals surface area contributed by atoms with Gasteiger partial charge in [0, 0.05) is 64.3 Å². The molecule has 0 atom stereocenters. The lowest BCUT2D eigenvalue weighted by molar-refractivity contribution is 0.181. The maximum absolute atomic E-state index is 12.8. The highest BCUT2D eigenvalue weighted by atomic mass is 32.2. The molecule has 3 heterocycles. The number of aromatic nitrogens is 4. The van der Waals surface area contributed by atoms with E-state index in [0.717, 1.165) is 12.2 Å². The Balaban J connectivity index is 1.68. The number of hydrogen-bond donors (Lipinski definition) is 0.